The van der Waals surface area contributed by atoms with Crippen LogP contribution in [0.25, 0.3) is 10.9 Å². The Morgan fingerprint density at radius 3 is 2.59 bits per heavy atom. The molecule has 1 aromatic carbocycles. The van der Waals surface area contributed by atoms with Gasteiger partial charge in [0.25, 0.3) is 0 Å². The number of carbonyl (C=O) groups excluding carboxylic acids is 1. The third-order valence-corrected chi connectivity index (χ3v) is 6.80. The van der Waals surface area contributed by atoms with E-state index in [1.165, 1.54) is 6.20 Å². The molecule has 1 amide bonds. The van der Waals surface area contributed by atoms with Crippen LogP contribution in [0.2, 0.25) is 0 Å². The molecule has 0 saturated carbocycles. The molecule has 174 valence electrons. The van der Waals surface area contributed by atoms with Crippen molar-refractivity contribution in [1.82, 2.24) is 19.7 Å². The molecule has 1 unspecified atom stereocenters. The zero-order valence-corrected chi connectivity index (χ0v) is 18.7. The van der Waals surface area contributed by atoms with Crippen LogP contribution in [0.1, 0.15) is 36.8 Å². The molecular weight excluding hydrogens is 417 g/mol. The van der Waals surface area contributed by atoms with Crippen molar-refractivity contribution in [2.24, 2.45) is 5.92 Å². The number of fused-ring (bicyclic) bond motifs is 1. The molecule has 2 aromatic rings. The summed E-state index contributed by atoms with van der Waals surface area (Å²) in [5.41, 5.74) is 0.133. The monoisotopic (exact) mass is 448 g/mol. The van der Waals surface area contributed by atoms with Crippen LogP contribution in [0.4, 0.5) is 13.2 Å². The van der Waals surface area contributed by atoms with Gasteiger partial charge in [0, 0.05) is 69.7 Å². The summed E-state index contributed by atoms with van der Waals surface area (Å²) in [6.07, 6.45) is -1.72. The average Bonchev–Trinajstić information content (AvgIpc) is 2.76. The van der Waals surface area contributed by atoms with Crippen molar-refractivity contribution >= 4 is 16.8 Å². The lowest BCUT2D eigenvalue weighted by molar-refractivity contribution is -0.136. The Bertz CT molecular complexity index is 956. The Morgan fingerprint density at radius 1 is 1.12 bits per heavy atom. The fraction of sp³-hybridized carbons (Fsp3) is 0.583. The number of aromatic nitrogens is 1. The summed E-state index contributed by atoms with van der Waals surface area (Å²) in [6.45, 7) is 8.11. The number of amides is 1. The van der Waals surface area contributed by atoms with E-state index in [2.05, 4.69) is 28.8 Å². The van der Waals surface area contributed by atoms with Gasteiger partial charge in [0.1, 0.15) is 0 Å². The maximum absolute atomic E-state index is 13.5. The topological polar surface area (TPSA) is 39.7 Å². The highest BCUT2D eigenvalue weighted by molar-refractivity contribution is 5.86. The molecule has 2 fully saturated rings. The number of carbonyl (C=O) groups is 1. The summed E-state index contributed by atoms with van der Waals surface area (Å²) < 4.78 is 40.4. The number of rotatable bonds is 4. The van der Waals surface area contributed by atoms with Gasteiger partial charge in [-0.05, 0) is 37.1 Å². The number of alkyl halides is 3. The van der Waals surface area contributed by atoms with Crippen LogP contribution in [0, 0.1) is 5.92 Å². The zero-order chi connectivity index (χ0) is 22.9. The third kappa shape index (κ3) is 5.07. The normalized spacial score (nSPS) is 23.6. The SMILES string of the molecule is C[C@@H]1CC(c2ccc(C(F)(F)F)c3ncccc23)CN(C(=O)CCN2CCN(C)CC2)C1. The highest BCUT2D eigenvalue weighted by Gasteiger charge is 2.35. The van der Waals surface area contributed by atoms with Gasteiger partial charge in [-0.1, -0.05) is 19.1 Å². The molecule has 32 heavy (non-hydrogen) atoms. The maximum Gasteiger partial charge on any atom is 0.418 e. The minimum Gasteiger partial charge on any atom is -0.342 e. The van der Waals surface area contributed by atoms with Crippen LogP contribution in [0.5, 0.6) is 0 Å². The number of likely N-dealkylation sites (N-methyl/N-ethyl adjacent to an activating group) is 1. The molecule has 0 N–H and O–H groups in total. The highest BCUT2D eigenvalue weighted by Crippen LogP contribution is 2.39. The van der Waals surface area contributed by atoms with Crippen LogP contribution in [-0.2, 0) is 11.0 Å². The first-order valence-electron chi connectivity index (χ1n) is 11.4. The van der Waals surface area contributed by atoms with E-state index in [9.17, 15) is 18.0 Å². The van der Waals surface area contributed by atoms with Crippen LogP contribution in [0.3, 0.4) is 0 Å². The predicted molar refractivity (Wildman–Crippen MR) is 118 cm³/mol. The summed E-state index contributed by atoms with van der Waals surface area (Å²) in [5.74, 6) is 0.422. The lowest BCUT2D eigenvalue weighted by Crippen LogP contribution is -2.47. The van der Waals surface area contributed by atoms with Gasteiger partial charge in [0.15, 0.2) is 0 Å². The molecule has 2 aliphatic heterocycles. The third-order valence-electron chi connectivity index (χ3n) is 6.80. The van der Waals surface area contributed by atoms with Crippen molar-refractivity contribution in [1.29, 1.82) is 0 Å². The summed E-state index contributed by atoms with van der Waals surface area (Å²) in [4.78, 5) is 23.6. The van der Waals surface area contributed by atoms with Gasteiger partial charge in [-0.25, -0.2) is 0 Å². The highest BCUT2D eigenvalue weighted by atomic mass is 19.4. The van der Waals surface area contributed by atoms with E-state index in [4.69, 9.17) is 0 Å². The second kappa shape index (κ2) is 9.35. The number of likely N-dealkylation sites (tertiary alicyclic amines) is 1. The maximum atomic E-state index is 13.5. The summed E-state index contributed by atoms with van der Waals surface area (Å²) in [6, 6.07) is 6.12. The number of pyridine rings is 1. The van der Waals surface area contributed by atoms with Crippen molar-refractivity contribution in [2.45, 2.75) is 31.9 Å². The van der Waals surface area contributed by atoms with Crippen molar-refractivity contribution in [3.05, 3.63) is 41.6 Å². The van der Waals surface area contributed by atoms with Gasteiger partial charge < -0.3 is 14.7 Å². The number of halogens is 3. The Hall–Kier alpha value is -2.19. The van der Waals surface area contributed by atoms with Gasteiger partial charge in [-0.15, -0.1) is 0 Å². The van der Waals surface area contributed by atoms with E-state index >= 15 is 0 Å². The quantitative estimate of drug-likeness (QED) is 0.713. The number of piperidine rings is 1. The minimum absolute atomic E-state index is 0.000296. The molecule has 0 bridgehead atoms. The standard InChI is InChI=1S/C24H31F3N4O/c1-17-14-18(16-31(15-17)22(32)7-9-30-12-10-29(2)11-13-30)19-5-6-21(24(25,26)27)23-20(19)4-3-8-28-23/h3-6,8,17-18H,7,9-16H2,1-2H3/t17-,18?/m1/s1. The van der Waals surface area contributed by atoms with E-state index in [0.717, 1.165) is 50.8 Å². The van der Waals surface area contributed by atoms with Crippen molar-refractivity contribution in [3.8, 4) is 0 Å². The summed E-state index contributed by atoms with van der Waals surface area (Å²) in [7, 11) is 2.11. The van der Waals surface area contributed by atoms with Crippen LogP contribution in [-0.4, -0.2) is 78.5 Å². The van der Waals surface area contributed by atoms with Gasteiger partial charge in [0.2, 0.25) is 5.91 Å². The van der Waals surface area contributed by atoms with Crippen LogP contribution < -0.4 is 0 Å². The first-order chi connectivity index (χ1) is 15.2. The molecule has 0 radical (unpaired) electrons. The minimum atomic E-state index is -4.45. The van der Waals surface area contributed by atoms with E-state index in [1.807, 2.05) is 4.90 Å². The summed E-state index contributed by atoms with van der Waals surface area (Å²) >= 11 is 0. The molecule has 2 atom stereocenters. The molecule has 1 aromatic heterocycles. The largest absolute Gasteiger partial charge is 0.418 e. The van der Waals surface area contributed by atoms with Gasteiger partial charge in [0.05, 0.1) is 11.1 Å². The first kappa shape index (κ1) is 23.0. The Labute approximate surface area is 187 Å². The predicted octanol–water partition coefficient (Wildman–Crippen LogP) is 3.84. The summed E-state index contributed by atoms with van der Waals surface area (Å²) in [5, 5.41) is 0.534. The van der Waals surface area contributed by atoms with Crippen molar-refractivity contribution < 1.29 is 18.0 Å². The molecule has 5 nitrogen and oxygen atoms in total. The van der Waals surface area contributed by atoms with Crippen LogP contribution in [0.15, 0.2) is 30.5 Å². The molecule has 0 spiro atoms. The van der Waals surface area contributed by atoms with E-state index in [0.29, 0.717) is 24.9 Å². The number of piperazine rings is 1. The molecule has 0 aliphatic carbocycles. The molecule has 2 aliphatic rings. The number of hydrogen-bond acceptors (Lipinski definition) is 4. The van der Waals surface area contributed by atoms with E-state index < -0.39 is 11.7 Å². The number of hydrogen-bond donors (Lipinski definition) is 0. The number of benzene rings is 1. The second-order valence-electron chi connectivity index (χ2n) is 9.33. The van der Waals surface area contributed by atoms with Gasteiger partial charge >= 0.3 is 6.18 Å². The lowest BCUT2D eigenvalue weighted by Gasteiger charge is -2.38. The van der Waals surface area contributed by atoms with Crippen molar-refractivity contribution in [2.75, 3.05) is 52.9 Å². The molecule has 3 heterocycles. The first-order valence-corrected chi connectivity index (χ1v) is 11.4. The van der Waals surface area contributed by atoms with Gasteiger partial charge in [-0.2, -0.15) is 13.2 Å². The van der Waals surface area contributed by atoms with Gasteiger partial charge in [-0.3, -0.25) is 9.78 Å². The smallest absolute Gasteiger partial charge is 0.342 e. The Kier molecular flexibility index (Phi) is 6.72. The molecule has 2 saturated heterocycles. The second-order valence-corrected chi connectivity index (χ2v) is 9.33. The van der Waals surface area contributed by atoms with E-state index in [1.54, 1.807) is 18.2 Å². The fourth-order valence-electron chi connectivity index (χ4n) is 5.04. The molecule has 4 rings (SSSR count). The van der Waals surface area contributed by atoms with E-state index in [-0.39, 0.29) is 23.3 Å². The number of nitrogens with zero attached hydrogens (tertiary/aromatic N) is 4. The molecular formula is C24H31F3N4O. The Morgan fingerprint density at radius 2 is 1.88 bits per heavy atom. The zero-order valence-electron chi connectivity index (χ0n) is 18.7. The average molecular weight is 449 g/mol. The molecule has 8 heteroatoms. The Balaban J connectivity index is 1.50. The lowest BCUT2D eigenvalue weighted by atomic mass is 9.83. The fourth-order valence-corrected chi connectivity index (χ4v) is 5.04. The van der Waals surface area contributed by atoms with Crippen LogP contribution >= 0.6 is 0 Å². The van der Waals surface area contributed by atoms with Crippen molar-refractivity contribution in [3.63, 3.8) is 0 Å².